The van der Waals surface area contributed by atoms with Gasteiger partial charge in [0.2, 0.25) is 0 Å². The van der Waals surface area contributed by atoms with Gasteiger partial charge in [-0.3, -0.25) is 4.79 Å². The lowest BCUT2D eigenvalue weighted by atomic mass is 10.1. The van der Waals surface area contributed by atoms with Crippen LogP contribution in [0.2, 0.25) is 5.02 Å². The summed E-state index contributed by atoms with van der Waals surface area (Å²) in [6.45, 7) is 3.38. The zero-order valence-corrected chi connectivity index (χ0v) is 14.4. The molecule has 2 heterocycles. The number of anilines is 1. The van der Waals surface area contributed by atoms with Crippen molar-refractivity contribution < 1.29 is 9.53 Å². The van der Waals surface area contributed by atoms with E-state index in [2.05, 4.69) is 20.4 Å². The van der Waals surface area contributed by atoms with E-state index >= 15 is 0 Å². The van der Waals surface area contributed by atoms with E-state index in [1.807, 2.05) is 0 Å². The number of nitrogens with zero attached hydrogens (tertiary/aromatic N) is 4. The van der Waals surface area contributed by atoms with Crippen molar-refractivity contribution in [3.8, 4) is 11.6 Å². The van der Waals surface area contributed by atoms with Gasteiger partial charge in [0, 0.05) is 5.02 Å². The number of amides is 1. The average molecular weight is 358 g/mol. The van der Waals surface area contributed by atoms with Crippen molar-refractivity contribution in [2.24, 2.45) is 0 Å². The molecule has 0 aliphatic carbocycles. The van der Waals surface area contributed by atoms with E-state index in [1.165, 1.54) is 11.0 Å². The lowest BCUT2D eigenvalue weighted by Crippen LogP contribution is -2.42. The number of hydrogen-bond acceptors (Lipinski definition) is 5. The molecule has 0 radical (unpaired) electrons. The van der Waals surface area contributed by atoms with Crippen molar-refractivity contribution in [3.05, 3.63) is 60.3 Å². The van der Waals surface area contributed by atoms with Crippen LogP contribution in [0, 0.1) is 0 Å². The molecule has 25 heavy (non-hydrogen) atoms. The molecule has 0 atom stereocenters. The lowest BCUT2D eigenvalue weighted by molar-refractivity contribution is -0.128. The summed E-state index contributed by atoms with van der Waals surface area (Å²) in [4.78, 5) is 20.6. The largest absolute Gasteiger partial charge is 0.478 e. The number of hydrogen-bond donors (Lipinski definition) is 1. The fourth-order valence-electron chi connectivity index (χ4n) is 2.05. The first-order valence-corrected chi connectivity index (χ1v) is 7.89. The van der Waals surface area contributed by atoms with Gasteiger partial charge in [-0.2, -0.15) is 5.10 Å². The van der Waals surface area contributed by atoms with Gasteiger partial charge in [-0.15, -0.1) is 0 Å². The molecule has 0 aliphatic rings. The summed E-state index contributed by atoms with van der Waals surface area (Å²) < 4.78 is 7.29. The van der Waals surface area contributed by atoms with Gasteiger partial charge in [-0.05, 0) is 50.2 Å². The molecule has 1 amide bonds. The Morgan fingerprint density at radius 2 is 1.96 bits per heavy atom. The Morgan fingerprint density at radius 1 is 1.20 bits per heavy atom. The Labute approximate surface area is 149 Å². The summed E-state index contributed by atoms with van der Waals surface area (Å²) in [5, 5.41) is 7.39. The number of benzene rings is 1. The van der Waals surface area contributed by atoms with Gasteiger partial charge < -0.3 is 10.1 Å². The first-order chi connectivity index (χ1) is 11.9. The third kappa shape index (κ3) is 4.13. The number of rotatable bonds is 5. The summed E-state index contributed by atoms with van der Waals surface area (Å²) in [5.74, 6) is 0.870. The van der Waals surface area contributed by atoms with Crippen LogP contribution in [0.25, 0.3) is 5.82 Å². The van der Waals surface area contributed by atoms with E-state index in [0.29, 0.717) is 22.3 Å². The maximum absolute atomic E-state index is 12.5. The highest BCUT2D eigenvalue weighted by molar-refractivity contribution is 6.30. The van der Waals surface area contributed by atoms with Crippen molar-refractivity contribution in [2.45, 2.75) is 19.4 Å². The van der Waals surface area contributed by atoms with E-state index in [4.69, 9.17) is 16.3 Å². The molecule has 7 nitrogen and oxygen atoms in total. The summed E-state index contributed by atoms with van der Waals surface area (Å²) >= 11 is 5.85. The van der Waals surface area contributed by atoms with Crippen LogP contribution >= 0.6 is 11.6 Å². The van der Waals surface area contributed by atoms with Crippen LogP contribution in [0.4, 0.5) is 5.69 Å². The van der Waals surface area contributed by atoms with Crippen molar-refractivity contribution in [2.75, 3.05) is 5.32 Å². The summed E-state index contributed by atoms with van der Waals surface area (Å²) in [5.41, 5.74) is -0.514. The third-order valence-corrected chi connectivity index (χ3v) is 3.64. The summed E-state index contributed by atoms with van der Waals surface area (Å²) in [7, 11) is 0. The van der Waals surface area contributed by atoms with Crippen LogP contribution in [0.1, 0.15) is 13.8 Å². The quantitative estimate of drug-likeness (QED) is 0.758. The second kappa shape index (κ2) is 6.90. The SMILES string of the molecule is CC(C)(Oc1ccc(Cl)cc1)C(=O)Nc1ccc(-n2cncn2)nc1. The lowest BCUT2D eigenvalue weighted by Gasteiger charge is -2.25. The number of pyridine rings is 1. The molecule has 0 aliphatic heterocycles. The topological polar surface area (TPSA) is 81.9 Å². The summed E-state index contributed by atoms with van der Waals surface area (Å²) in [6.07, 6.45) is 4.52. The second-order valence-electron chi connectivity index (χ2n) is 5.77. The molecule has 8 heteroatoms. The monoisotopic (exact) mass is 357 g/mol. The third-order valence-electron chi connectivity index (χ3n) is 3.39. The Hall–Kier alpha value is -2.93. The van der Waals surface area contributed by atoms with Gasteiger partial charge in [0.15, 0.2) is 11.4 Å². The van der Waals surface area contributed by atoms with Crippen molar-refractivity contribution >= 4 is 23.2 Å². The molecule has 1 aromatic carbocycles. The molecule has 0 fully saturated rings. The minimum Gasteiger partial charge on any atom is -0.478 e. The molecule has 0 saturated heterocycles. The van der Waals surface area contributed by atoms with Crippen molar-refractivity contribution in [1.82, 2.24) is 19.7 Å². The first-order valence-electron chi connectivity index (χ1n) is 7.51. The molecule has 0 bridgehead atoms. The Bertz CT molecular complexity index is 846. The second-order valence-corrected chi connectivity index (χ2v) is 6.20. The highest BCUT2D eigenvalue weighted by Crippen LogP contribution is 2.22. The van der Waals surface area contributed by atoms with Crippen LogP contribution in [0.3, 0.4) is 0 Å². The normalized spacial score (nSPS) is 11.2. The number of ether oxygens (including phenoxy) is 1. The maximum Gasteiger partial charge on any atom is 0.268 e. The number of carbonyl (C=O) groups excluding carboxylic acids is 1. The molecule has 3 aromatic rings. The van der Waals surface area contributed by atoms with E-state index in [1.54, 1.807) is 62.8 Å². The van der Waals surface area contributed by atoms with Gasteiger partial charge in [0.25, 0.3) is 5.91 Å². The zero-order chi connectivity index (χ0) is 17.9. The molecule has 0 spiro atoms. The molecule has 3 rings (SSSR count). The molecule has 128 valence electrons. The van der Waals surface area contributed by atoms with Crippen LogP contribution in [0.15, 0.2) is 55.2 Å². The van der Waals surface area contributed by atoms with Gasteiger partial charge in [-0.1, -0.05) is 11.6 Å². The Balaban J connectivity index is 1.67. The predicted octanol–water partition coefficient (Wildman–Crippen LogP) is 3.11. The molecule has 0 unspecified atom stereocenters. The van der Waals surface area contributed by atoms with E-state index in [0.717, 1.165) is 0 Å². The minimum atomic E-state index is -1.07. The van der Waals surface area contributed by atoms with Crippen LogP contribution in [0.5, 0.6) is 5.75 Å². The average Bonchev–Trinajstić information content (AvgIpc) is 3.12. The smallest absolute Gasteiger partial charge is 0.268 e. The number of halogens is 1. The Morgan fingerprint density at radius 3 is 2.56 bits per heavy atom. The summed E-state index contributed by atoms with van der Waals surface area (Å²) in [6, 6.07) is 10.3. The predicted molar refractivity (Wildman–Crippen MR) is 93.9 cm³/mol. The maximum atomic E-state index is 12.5. The Kier molecular flexibility index (Phi) is 4.67. The van der Waals surface area contributed by atoms with Crippen LogP contribution < -0.4 is 10.1 Å². The number of carbonyl (C=O) groups is 1. The van der Waals surface area contributed by atoms with Crippen molar-refractivity contribution in [1.29, 1.82) is 0 Å². The van der Waals surface area contributed by atoms with Gasteiger partial charge in [0.1, 0.15) is 18.4 Å². The number of nitrogens with one attached hydrogen (secondary N) is 1. The van der Waals surface area contributed by atoms with E-state index in [9.17, 15) is 4.79 Å². The molecule has 1 N–H and O–H groups in total. The van der Waals surface area contributed by atoms with Gasteiger partial charge in [-0.25, -0.2) is 14.6 Å². The van der Waals surface area contributed by atoms with E-state index in [-0.39, 0.29) is 5.91 Å². The number of aromatic nitrogens is 4. The molecular formula is C17H16ClN5O2. The zero-order valence-electron chi connectivity index (χ0n) is 13.7. The minimum absolute atomic E-state index is 0.294. The van der Waals surface area contributed by atoms with Gasteiger partial charge in [0.05, 0.1) is 11.9 Å². The highest BCUT2D eigenvalue weighted by atomic mass is 35.5. The molecule has 2 aromatic heterocycles. The van der Waals surface area contributed by atoms with Crippen LogP contribution in [-0.2, 0) is 4.79 Å². The fourth-order valence-corrected chi connectivity index (χ4v) is 2.17. The highest BCUT2D eigenvalue weighted by Gasteiger charge is 2.30. The fraction of sp³-hybridized carbons (Fsp3) is 0.176. The molecule has 0 saturated carbocycles. The van der Waals surface area contributed by atoms with Gasteiger partial charge >= 0.3 is 0 Å². The first kappa shape index (κ1) is 16.9. The molecular weight excluding hydrogens is 342 g/mol. The van der Waals surface area contributed by atoms with E-state index < -0.39 is 5.60 Å². The standard InChI is InChI=1S/C17H16ClN5O2/c1-17(2,25-14-6-3-12(18)4-7-14)16(24)22-13-5-8-15(20-9-13)23-11-19-10-21-23/h3-11H,1-2H3,(H,22,24). The van der Waals surface area contributed by atoms with Crippen molar-refractivity contribution in [3.63, 3.8) is 0 Å². The van der Waals surface area contributed by atoms with Crippen LogP contribution in [-0.4, -0.2) is 31.3 Å².